The third kappa shape index (κ3) is 4.71. The molecule has 0 aliphatic carbocycles. The average molecular weight is 184 g/mol. The van der Waals surface area contributed by atoms with E-state index in [1.54, 1.807) is 0 Å². The van der Waals surface area contributed by atoms with Gasteiger partial charge < -0.3 is 4.74 Å². The van der Waals surface area contributed by atoms with Crippen molar-refractivity contribution < 1.29 is 9.53 Å². The molecule has 0 rings (SSSR count). The molecule has 0 aliphatic rings. The molecule has 2 nitrogen and oxygen atoms in total. The van der Waals surface area contributed by atoms with Crippen LogP contribution < -0.4 is 0 Å². The van der Waals surface area contributed by atoms with Crippen molar-refractivity contribution in [2.24, 2.45) is 10.8 Å². The third-order valence-corrected chi connectivity index (χ3v) is 1.72. The maximum Gasteiger partial charge on any atom is 0.316 e. The molecular weight excluding hydrogens is 164 g/mol. The fourth-order valence-corrected chi connectivity index (χ4v) is 1.63. The summed E-state index contributed by atoms with van der Waals surface area (Å²) in [6, 6.07) is 0. The van der Waals surface area contributed by atoms with Gasteiger partial charge in [0, 0.05) is 0 Å². The van der Waals surface area contributed by atoms with Crippen LogP contribution in [0.1, 0.15) is 41.0 Å². The molecule has 0 aromatic carbocycles. The van der Waals surface area contributed by atoms with Gasteiger partial charge >= 0.3 is 5.97 Å². The lowest BCUT2D eigenvalue weighted by molar-refractivity contribution is -0.149. The van der Waals surface area contributed by atoms with Crippen LogP contribution in [0, 0.1) is 10.8 Å². The highest BCUT2D eigenvalue weighted by atomic mass is 16.5. The summed E-state index contributed by atoms with van der Waals surface area (Å²) in [7, 11) is 0. The molecule has 76 valence electrons. The number of carbonyl (C=O) groups is 1. The van der Waals surface area contributed by atoms with Crippen molar-refractivity contribution in [1.29, 1.82) is 0 Å². The lowest BCUT2D eigenvalue weighted by Gasteiger charge is -2.29. The molecule has 0 aromatic heterocycles. The Morgan fingerprint density at radius 1 is 1.31 bits per heavy atom. The van der Waals surface area contributed by atoms with Crippen LogP contribution in [0.25, 0.3) is 0 Å². The molecule has 0 atom stereocenters. The molecule has 0 saturated carbocycles. The normalized spacial score (nSPS) is 12.4. The number of esters is 1. The van der Waals surface area contributed by atoms with E-state index in [4.69, 9.17) is 4.74 Å². The molecule has 0 radical (unpaired) electrons. The van der Waals surface area contributed by atoms with E-state index >= 15 is 0 Å². The Balaban J connectivity index is 4.38. The second kappa shape index (κ2) is 3.95. The molecule has 0 unspecified atom stereocenters. The quantitative estimate of drug-likeness (QED) is 0.497. The molecule has 0 fully saturated rings. The summed E-state index contributed by atoms with van der Waals surface area (Å²) in [5.74, 6) is -0.211. The Morgan fingerprint density at radius 2 is 1.77 bits per heavy atom. The maximum atomic E-state index is 11.4. The van der Waals surface area contributed by atoms with Gasteiger partial charge in [-0.1, -0.05) is 27.4 Å². The zero-order chi connectivity index (χ0) is 10.7. The van der Waals surface area contributed by atoms with E-state index in [9.17, 15) is 4.79 Å². The van der Waals surface area contributed by atoms with Crippen LogP contribution in [0.5, 0.6) is 0 Å². The highest BCUT2D eigenvalue weighted by Gasteiger charge is 2.33. The molecule has 0 aromatic rings. The van der Waals surface area contributed by atoms with Gasteiger partial charge in [0.1, 0.15) is 0 Å². The molecular formula is C11H20O2. The summed E-state index contributed by atoms with van der Waals surface area (Å²) in [6.45, 7) is 13.5. The van der Waals surface area contributed by atoms with Gasteiger partial charge in [0.05, 0.1) is 11.7 Å². The first-order valence-electron chi connectivity index (χ1n) is 4.51. The van der Waals surface area contributed by atoms with Crippen molar-refractivity contribution in [1.82, 2.24) is 0 Å². The molecule has 0 saturated heterocycles. The summed E-state index contributed by atoms with van der Waals surface area (Å²) >= 11 is 0. The van der Waals surface area contributed by atoms with Crippen LogP contribution in [-0.4, -0.2) is 5.97 Å². The summed E-state index contributed by atoms with van der Waals surface area (Å²) in [4.78, 5) is 11.4. The van der Waals surface area contributed by atoms with Gasteiger partial charge in [-0.25, -0.2) is 0 Å². The van der Waals surface area contributed by atoms with E-state index in [2.05, 4.69) is 27.4 Å². The van der Waals surface area contributed by atoms with Crippen LogP contribution in [0.4, 0.5) is 0 Å². The first-order valence-corrected chi connectivity index (χ1v) is 4.51. The van der Waals surface area contributed by atoms with E-state index in [1.807, 2.05) is 13.8 Å². The summed E-state index contributed by atoms with van der Waals surface area (Å²) in [5.41, 5.74) is -0.309. The van der Waals surface area contributed by atoms with Gasteiger partial charge in [0.15, 0.2) is 0 Å². The topological polar surface area (TPSA) is 26.3 Å². The predicted octanol–water partition coefficient (Wildman–Crippen LogP) is 3.14. The van der Waals surface area contributed by atoms with Gasteiger partial charge in [0.25, 0.3) is 0 Å². The largest absolute Gasteiger partial charge is 0.435 e. The SMILES string of the molecule is C=COC(=O)C(C)(C)CC(C)(C)C. The predicted molar refractivity (Wildman–Crippen MR) is 54.1 cm³/mol. The highest BCUT2D eigenvalue weighted by Crippen LogP contribution is 2.33. The maximum absolute atomic E-state index is 11.4. The molecule has 0 N–H and O–H groups in total. The summed E-state index contributed by atoms with van der Waals surface area (Å²) in [5, 5.41) is 0. The van der Waals surface area contributed by atoms with Gasteiger partial charge in [-0.15, -0.1) is 0 Å². The zero-order valence-corrected chi connectivity index (χ0v) is 9.31. The number of hydrogen-bond donors (Lipinski definition) is 0. The minimum atomic E-state index is -0.438. The van der Waals surface area contributed by atoms with Crippen molar-refractivity contribution in [3.8, 4) is 0 Å². The van der Waals surface area contributed by atoms with Crippen LogP contribution in [-0.2, 0) is 9.53 Å². The smallest absolute Gasteiger partial charge is 0.316 e. The van der Waals surface area contributed by atoms with E-state index in [0.717, 1.165) is 6.42 Å². The fraction of sp³-hybridized carbons (Fsp3) is 0.727. The van der Waals surface area contributed by atoms with E-state index in [0.29, 0.717) is 0 Å². The van der Waals surface area contributed by atoms with Crippen molar-refractivity contribution in [3.63, 3.8) is 0 Å². The standard InChI is InChI=1S/C11H20O2/c1-7-13-9(12)11(5,6)8-10(2,3)4/h7H,1,8H2,2-6H3. The second-order valence-corrected chi connectivity index (χ2v) is 5.19. The number of carbonyl (C=O) groups excluding carboxylic acids is 1. The monoisotopic (exact) mass is 184 g/mol. The minimum absolute atomic E-state index is 0.129. The van der Waals surface area contributed by atoms with Crippen molar-refractivity contribution >= 4 is 5.97 Å². The van der Waals surface area contributed by atoms with E-state index in [-0.39, 0.29) is 11.4 Å². The Labute approximate surface area is 81.0 Å². The summed E-state index contributed by atoms with van der Waals surface area (Å²) in [6.07, 6.45) is 1.99. The van der Waals surface area contributed by atoms with Crippen LogP contribution >= 0.6 is 0 Å². The number of ether oxygens (including phenoxy) is 1. The molecule has 0 bridgehead atoms. The molecule has 0 spiro atoms. The number of hydrogen-bond acceptors (Lipinski definition) is 2. The van der Waals surface area contributed by atoms with E-state index in [1.165, 1.54) is 6.26 Å². The molecule has 0 amide bonds. The first-order chi connectivity index (χ1) is 5.69. The van der Waals surface area contributed by atoms with E-state index < -0.39 is 5.41 Å². The van der Waals surface area contributed by atoms with Gasteiger partial charge in [0.2, 0.25) is 0 Å². The molecule has 2 heteroatoms. The second-order valence-electron chi connectivity index (χ2n) is 5.19. The molecule has 0 heterocycles. The van der Waals surface area contributed by atoms with Crippen molar-refractivity contribution in [2.45, 2.75) is 41.0 Å². The lowest BCUT2D eigenvalue weighted by Crippen LogP contribution is -2.30. The van der Waals surface area contributed by atoms with Gasteiger partial charge in [-0.2, -0.15) is 0 Å². The van der Waals surface area contributed by atoms with Crippen molar-refractivity contribution in [3.05, 3.63) is 12.8 Å². The van der Waals surface area contributed by atoms with Gasteiger partial charge in [-0.3, -0.25) is 4.79 Å². The van der Waals surface area contributed by atoms with Crippen LogP contribution in [0.2, 0.25) is 0 Å². The first kappa shape index (κ1) is 12.2. The van der Waals surface area contributed by atoms with Crippen LogP contribution in [0.3, 0.4) is 0 Å². The average Bonchev–Trinajstić information content (AvgIpc) is 1.82. The fourth-order valence-electron chi connectivity index (χ4n) is 1.63. The Morgan fingerprint density at radius 3 is 2.08 bits per heavy atom. The minimum Gasteiger partial charge on any atom is -0.435 e. The van der Waals surface area contributed by atoms with Crippen LogP contribution in [0.15, 0.2) is 12.8 Å². The highest BCUT2D eigenvalue weighted by molar-refractivity contribution is 5.76. The number of rotatable bonds is 3. The van der Waals surface area contributed by atoms with Gasteiger partial charge in [-0.05, 0) is 25.7 Å². The Bertz CT molecular complexity index is 197. The Hall–Kier alpha value is -0.790. The molecule has 0 aliphatic heterocycles. The lowest BCUT2D eigenvalue weighted by atomic mass is 9.76. The van der Waals surface area contributed by atoms with Crippen molar-refractivity contribution in [2.75, 3.05) is 0 Å². The Kier molecular flexibility index (Phi) is 3.71. The third-order valence-electron chi connectivity index (χ3n) is 1.72. The zero-order valence-electron chi connectivity index (χ0n) is 9.31. The molecule has 13 heavy (non-hydrogen) atoms. The summed E-state index contributed by atoms with van der Waals surface area (Å²) < 4.78 is 4.78.